The average Bonchev–Trinajstić information content (AvgIpc) is 3.86. The van der Waals surface area contributed by atoms with Gasteiger partial charge >= 0.3 is 0 Å². The molecule has 9 aromatic rings. The van der Waals surface area contributed by atoms with Crippen molar-refractivity contribution in [3.8, 4) is 33.4 Å². The molecule has 0 heterocycles. The number of anilines is 6. The molecule has 284 valence electrons. The van der Waals surface area contributed by atoms with Crippen molar-refractivity contribution in [1.82, 2.24) is 0 Å². The third-order valence-electron chi connectivity index (χ3n) is 13.4. The largest absolute Gasteiger partial charge is 0.310 e. The zero-order chi connectivity index (χ0) is 40.0. The third kappa shape index (κ3) is 4.76. The Balaban J connectivity index is 1.13. The molecule has 0 N–H and O–H groups in total. The molecule has 0 saturated carbocycles. The molecular formula is C58H42N2. The van der Waals surface area contributed by atoms with Gasteiger partial charge in [-0.3, -0.25) is 0 Å². The van der Waals surface area contributed by atoms with Crippen molar-refractivity contribution in [3.63, 3.8) is 0 Å². The minimum Gasteiger partial charge on any atom is -0.310 e. The summed E-state index contributed by atoms with van der Waals surface area (Å²) in [6.07, 6.45) is 0. The van der Waals surface area contributed by atoms with Gasteiger partial charge in [-0.15, -0.1) is 0 Å². The molecule has 2 heteroatoms. The highest BCUT2D eigenvalue weighted by atomic mass is 15.2. The van der Waals surface area contributed by atoms with E-state index in [2.05, 4.69) is 242 Å². The van der Waals surface area contributed by atoms with E-state index in [1.54, 1.807) is 0 Å². The monoisotopic (exact) mass is 766 g/mol. The van der Waals surface area contributed by atoms with Gasteiger partial charge in [0, 0.05) is 39.4 Å². The summed E-state index contributed by atoms with van der Waals surface area (Å²) in [6, 6.07) is 80.9. The number of rotatable bonds is 6. The molecule has 2 nitrogen and oxygen atoms in total. The molecule has 1 atom stereocenters. The molecule has 3 aliphatic carbocycles. The predicted octanol–water partition coefficient (Wildman–Crippen LogP) is 15.3. The molecule has 0 amide bonds. The van der Waals surface area contributed by atoms with Gasteiger partial charge in [0.05, 0.1) is 11.1 Å². The lowest BCUT2D eigenvalue weighted by Crippen LogP contribution is -2.28. The summed E-state index contributed by atoms with van der Waals surface area (Å²) >= 11 is 0. The van der Waals surface area contributed by atoms with Gasteiger partial charge in [-0.2, -0.15) is 0 Å². The van der Waals surface area contributed by atoms with Crippen LogP contribution in [0.4, 0.5) is 34.1 Å². The first-order valence-electron chi connectivity index (χ1n) is 21.0. The van der Waals surface area contributed by atoms with Gasteiger partial charge in [0.15, 0.2) is 0 Å². The molecule has 12 rings (SSSR count). The number of fused-ring (bicyclic) bond motifs is 13. The van der Waals surface area contributed by atoms with Gasteiger partial charge < -0.3 is 9.80 Å². The first-order chi connectivity index (χ1) is 29.5. The van der Waals surface area contributed by atoms with Crippen molar-refractivity contribution in [2.75, 3.05) is 9.80 Å². The van der Waals surface area contributed by atoms with Crippen LogP contribution in [-0.2, 0) is 10.8 Å². The highest BCUT2D eigenvalue weighted by Gasteiger charge is 2.53. The average molecular weight is 767 g/mol. The van der Waals surface area contributed by atoms with Gasteiger partial charge in [-0.25, -0.2) is 0 Å². The van der Waals surface area contributed by atoms with Crippen LogP contribution < -0.4 is 9.80 Å². The molecule has 0 fully saturated rings. The lowest BCUT2D eigenvalue weighted by molar-refractivity contribution is 0.660. The molecule has 1 spiro atoms. The van der Waals surface area contributed by atoms with Crippen molar-refractivity contribution >= 4 is 34.1 Å². The van der Waals surface area contributed by atoms with Gasteiger partial charge in [-0.1, -0.05) is 166 Å². The first kappa shape index (κ1) is 34.6. The topological polar surface area (TPSA) is 6.48 Å². The Hall–Kier alpha value is -7.42. The zero-order valence-corrected chi connectivity index (χ0v) is 33.7. The number of nitrogens with zero attached hydrogens (tertiary/aromatic N) is 2. The maximum absolute atomic E-state index is 2.52. The lowest BCUT2D eigenvalue weighted by atomic mass is 9.70. The smallest absolute Gasteiger partial charge is 0.0746 e. The summed E-state index contributed by atoms with van der Waals surface area (Å²) in [5, 5.41) is 0. The van der Waals surface area contributed by atoms with Crippen molar-refractivity contribution in [1.29, 1.82) is 0 Å². The maximum atomic E-state index is 2.52. The second-order valence-corrected chi connectivity index (χ2v) is 16.8. The third-order valence-corrected chi connectivity index (χ3v) is 13.4. The summed E-state index contributed by atoms with van der Waals surface area (Å²) < 4.78 is 0. The van der Waals surface area contributed by atoms with Crippen molar-refractivity contribution < 1.29 is 0 Å². The molecule has 0 radical (unpaired) electrons. The minimum absolute atomic E-state index is 0.130. The van der Waals surface area contributed by atoms with E-state index in [1.165, 1.54) is 72.4 Å². The molecule has 0 aromatic heterocycles. The van der Waals surface area contributed by atoms with Crippen LogP contribution in [0.1, 0.15) is 47.2 Å². The van der Waals surface area contributed by atoms with E-state index < -0.39 is 5.41 Å². The van der Waals surface area contributed by atoms with Gasteiger partial charge in [0.2, 0.25) is 0 Å². The molecule has 0 saturated heterocycles. The minimum atomic E-state index is -0.559. The van der Waals surface area contributed by atoms with Crippen LogP contribution in [0.5, 0.6) is 0 Å². The molecule has 9 aromatic carbocycles. The summed E-state index contributed by atoms with van der Waals surface area (Å²) in [6.45, 7) is 4.75. The van der Waals surface area contributed by atoms with Crippen LogP contribution in [0.3, 0.4) is 0 Å². The molecule has 0 aliphatic heterocycles. The van der Waals surface area contributed by atoms with Crippen LogP contribution in [0.15, 0.2) is 218 Å². The Morgan fingerprint density at radius 2 is 0.717 bits per heavy atom. The Kier molecular flexibility index (Phi) is 7.52. The van der Waals surface area contributed by atoms with Crippen LogP contribution in [0.2, 0.25) is 0 Å². The lowest BCUT2D eigenvalue weighted by Gasteiger charge is -2.36. The number of hydrogen-bond donors (Lipinski definition) is 0. The number of para-hydroxylation sites is 3. The number of hydrogen-bond acceptors (Lipinski definition) is 2. The summed E-state index contributed by atoms with van der Waals surface area (Å²) in [4.78, 5) is 4.90. The number of benzene rings is 9. The van der Waals surface area contributed by atoms with E-state index in [9.17, 15) is 0 Å². The Morgan fingerprint density at radius 1 is 0.283 bits per heavy atom. The van der Waals surface area contributed by atoms with Gasteiger partial charge in [0.1, 0.15) is 0 Å². The Morgan fingerprint density at radius 3 is 1.33 bits per heavy atom. The van der Waals surface area contributed by atoms with Crippen LogP contribution in [0, 0.1) is 0 Å². The van der Waals surface area contributed by atoms with E-state index in [4.69, 9.17) is 0 Å². The predicted molar refractivity (Wildman–Crippen MR) is 250 cm³/mol. The standard InChI is InChI=1S/C58H42N2/c1-57(2)50-29-15-12-25-44(50)47-35-33-43(38-54(47)57)60(41-23-10-5-11-24-41)55-32-18-28-48-45-26-13-16-30-51(45)58(56(48)55)52-31-17-14-27-46(52)49-37-42(34-36-53(49)58)59(39-19-6-3-7-20-39)40-21-8-4-9-22-40/h3-38H,1-2H3. The first-order valence-corrected chi connectivity index (χ1v) is 21.0. The van der Waals surface area contributed by atoms with Gasteiger partial charge in [-0.05, 0) is 128 Å². The van der Waals surface area contributed by atoms with Crippen LogP contribution in [0.25, 0.3) is 33.4 Å². The highest BCUT2D eigenvalue weighted by Crippen LogP contribution is 2.66. The van der Waals surface area contributed by atoms with Crippen LogP contribution in [-0.4, -0.2) is 0 Å². The van der Waals surface area contributed by atoms with E-state index in [0.29, 0.717) is 0 Å². The quantitative estimate of drug-likeness (QED) is 0.166. The van der Waals surface area contributed by atoms with Crippen molar-refractivity contribution in [2.24, 2.45) is 0 Å². The summed E-state index contributed by atoms with van der Waals surface area (Å²) in [5.74, 6) is 0. The SMILES string of the molecule is CC1(C)c2ccccc2-c2ccc(N(c3ccccc3)c3cccc4c3C3(c5ccccc5-c5cc(N(c6ccccc6)c6ccccc6)ccc53)c3ccccc3-4)cc21. The fourth-order valence-corrected chi connectivity index (χ4v) is 10.9. The van der Waals surface area contributed by atoms with Crippen molar-refractivity contribution in [2.45, 2.75) is 24.7 Å². The van der Waals surface area contributed by atoms with E-state index >= 15 is 0 Å². The van der Waals surface area contributed by atoms with Crippen LogP contribution >= 0.6 is 0 Å². The molecular weight excluding hydrogens is 725 g/mol. The molecule has 0 bridgehead atoms. The second kappa shape index (κ2) is 13.0. The van der Waals surface area contributed by atoms with E-state index in [0.717, 1.165) is 28.4 Å². The maximum Gasteiger partial charge on any atom is 0.0746 e. The van der Waals surface area contributed by atoms with Crippen molar-refractivity contribution in [3.05, 3.63) is 252 Å². The second-order valence-electron chi connectivity index (χ2n) is 16.8. The highest BCUT2D eigenvalue weighted by molar-refractivity contribution is 6.01. The Labute approximate surface area is 352 Å². The van der Waals surface area contributed by atoms with E-state index in [1.807, 2.05) is 0 Å². The summed E-state index contributed by atoms with van der Waals surface area (Å²) in [5.41, 5.74) is 22.0. The molecule has 3 aliphatic rings. The van der Waals surface area contributed by atoms with E-state index in [-0.39, 0.29) is 5.41 Å². The molecule has 60 heavy (non-hydrogen) atoms. The fourth-order valence-electron chi connectivity index (χ4n) is 10.9. The van der Waals surface area contributed by atoms with Gasteiger partial charge in [0.25, 0.3) is 0 Å². The fraction of sp³-hybridized carbons (Fsp3) is 0.0690. The molecule has 1 unspecified atom stereocenters. The normalized spacial score (nSPS) is 15.7. The zero-order valence-electron chi connectivity index (χ0n) is 33.7. The summed E-state index contributed by atoms with van der Waals surface area (Å²) in [7, 11) is 0. The Bertz CT molecular complexity index is 3090.